The first-order valence-electron chi connectivity index (χ1n) is 8.18. The molecule has 1 spiro atoms. The lowest BCUT2D eigenvalue weighted by Gasteiger charge is -2.38. The van der Waals surface area contributed by atoms with Crippen LogP contribution in [0.3, 0.4) is 0 Å². The van der Waals surface area contributed by atoms with Gasteiger partial charge in [0.1, 0.15) is 11.0 Å². The van der Waals surface area contributed by atoms with E-state index in [1.165, 1.54) is 36.8 Å². The summed E-state index contributed by atoms with van der Waals surface area (Å²) in [6.07, 6.45) is 6.34. The highest BCUT2D eigenvalue weighted by atomic mass is 32.2. The fourth-order valence-electron chi connectivity index (χ4n) is 4.24. The molecule has 4 heteroatoms. The van der Waals surface area contributed by atoms with Crippen LogP contribution in [-0.2, 0) is 24.0 Å². The van der Waals surface area contributed by atoms with Gasteiger partial charge in [-0.1, -0.05) is 12.5 Å². The largest absolute Gasteiger partial charge is 0.312 e. The fraction of sp³-hybridized carbons (Fsp3) is 0.647. The van der Waals surface area contributed by atoms with Gasteiger partial charge in [0.05, 0.1) is 4.90 Å². The van der Waals surface area contributed by atoms with Crippen LogP contribution in [-0.4, -0.2) is 27.6 Å². The Bertz CT molecular complexity index is 582. The van der Waals surface area contributed by atoms with E-state index >= 15 is 0 Å². The lowest BCUT2D eigenvalue weighted by Crippen LogP contribution is -2.34. The van der Waals surface area contributed by atoms with Crippen LogP contribution in [0.5, 0.6) is 0 Å². The molecule has 1 N–H and O–H groups in total. The molecule has 1 saturated heterocycles. The second-order valence-corrected chi connectivity index (χ2v) is 8.53. The number of nitrogens with one attached hydrogen (secondary N) is 1. The summed E-state index contributed by atoms with van der Waals surface area (Å²) < 4.78 is 15.2. The predicted molar refractivity (Wildman–Crippen MR) is 85.3 cm³/mol. The molecule has 2 unspecified atom stereocenters. The Morgan fingerprint density at radius 2 is 2.19 bits per heavy atom. The van der Waals surface area contributed by atoms with Crippen molar-refractivity contribution in [3.05, 3.63) is 29.3 Å². The van der Waals surface area contributed by atoms with E-state index in [-0.39, 0.29) is 0 Å². The molecular formula is C17H24N2OS. The van der Waals surface area contributed by atoms with Crippen molar-refractivity contribution in [3.63, 3.8) is 0 Å². The highest BCUT2D eigenvalue weighted by Crippen LogP contribution is 2.50. The first-order chi connectivity index (χ1) is 10.2. The third-order valence-electron chi connectivity index (χ3n) is 5.60. The molecule has 0 aromatic heterocycles. The average molecular weight is 304 g/mol. The quantitative estimate of drug-likeness (QED) is 0.911. The Labute approximate surface area is 129 Å². The van der Waals surface area contributed by atoms with Crippen LogP contribution in [0, 0.1) is 5.41 Å². The summed E-state index contributed by atoms with van der Waals surface area (Å²) in [7, 11) is -0.996. The summed E-state index contributed by atoms with van der Waals surface area (Å²) in [6, 6.07) is 6.87. The van der Waals surface area contributed by atoms with Crippen molar-refractivity contribution in [2.45, 2.75) is 56.5 Å². The number of rotatable bonds is 2. The highest BCUT2D eigenvalue weighted by molar-refractivity contribution is 7.82. The van der Waals surface area contributed by atoms with Crippen molar-refractivity contribution in [2.24, 2.45) is 5.41 Å². The summed E-state index contributed by atoms with van der Waals surface area (Å²) in [6.45, 7) is 5.24. The van der Waals surface area contributed by atoms with Gasteiger partial charge in [0.15, 0.2) is 0 Å². The van der Waals surface area contributed by atoms with Crippen LogP contribution in [0.25, 0.3) is 0 Å². The molecule has 2 aliphatic heterocycles. The Morgan fingerprint density at radius 3 is 2.90 bits per heavy atom. The van der Waals surface area contributed by atoms with Gasteiger partial charge in [0.2, 0.25) is 0 Å². The minimum atomic E-state index is -0.996. The number of fused-ring (bicyclic) bond motifs is 1. The average Bonchev–Trinajstić information content (AvgIpc) is 2.84. The first kappa shape index (κ1) is 13.9. The molecule has 0 radical (unpaired) electrons. The van der Waals surface area contributed by atoms with E-state index in [0.29, 0.717) is 11.5 Å². The third-order valence-corrected chi connectivity index (χ3v) is 7.18. The van der Waals surface area contributed by atoms with E-state index in [4.69, 9.17) is 0 Å². The number of hydrogen-bond acceptors (Lipinski definition) is 2. The molecule has 2 heterocycles. The zero-order valence-corrected chi connectivity index (χ0v) is 13.5. The van der Waals surface area contributed by atoms with Gasteiger partial charge in [-0.2, -0.15) is 0 Å². The van der Waals surface area contributed by atoms with Gasteiger partial charge in [0, 0.05) is 19.1 Å². The molecule has 1 saturated carbocycles. The SMILES string of the molecule is CC1CC2(CCC2)CN1S(=O)c1ccc2c(c1)CNCC2. The zero-order chi connectivity index (χ0) is 14.4. The van der Waals surface area contributed by atoms with E-state index in [1.54, 1.807) is 0 Å². The first-order valence-corrected chi connectivity index (χ1v) is 9.29. The van der Waals surface area contributed by atoms with Gasteiger partial charge >= 0.3 is 0 Å². The van der Waals surface area contributed by atoms with Crippen molar-refractivity contribution in [1.29, 1.82) is 0 Å². The van der Waals surface area contributed by atoms with Crippen LogP contribution < -0.4 is 5.32 Å². The van der Waals surface area contributed by atoms with Crippen LogP contribution in [0.1, 0.15) is 43.7 Å². The molecule has 0 bridgehead atoms. The van der Waals surface area contributed by atoms with Gasteiger partial charge in [-0.05, 0) is 67.8 Å². The molecular weight excluding hydrogens is 280 g/mol. The molecule has 2 fully saturated rings. The van der Waals surface area contributed by atoms with E-state index in [0.717, 1.165) is 31.0 Å². The molecule has 3 aliphatic rings. The van der Waals surface area contributed by atoms with Gasteiger partial charge < -0.3 is 5.32 Å². The summed E-state index contributed by atoms with van der Waals surface area (Å²) in [5.74, 6) is 0. The molecule has 1 aromatic rings. The van der Waals surface area contributed by atoms with Crippen molar-refractivity contribution in [3.8, 4) is 0 Å². The molecule has 2 atom stereocenters. The monoisotopic (exact) mass is 304 g/mol. The van der Waals surface area contributed by atoms with Gasteiger partial charge in [-0.3, -0.25) is 0 Å². The van der Waals surface area contributed by atoms with Gasteiger partial charge in [0.25, 0.3) is 0 Å². The standard InChI is InChI=1S/C17H24N2OS/c1-13-10-17(6-2-7-17)12-19(13)21(20)16-4-3-14-5-8-18-11-15(14)9-16/h3-4,9,13,18H,2,5-8,10-12H2,1H3. The van der Waals surface area contributed by atoms with Crippen molar-refractivity contribution < 1.29 is 4.21 Å². The summed E-state index contributed by atoms with van der Waals surface area (Å²) in [5, 5.41) is 3.40. The zero-order valence-electron chi connectivity index (χ0n) is 12.7. The van der Waals surface area contributed by atoms with Crippen LogP contribution >= 0.6 is 0 Å². The fourth-order valence-corrected chi connectivity index (χ4v) is 5.73. The summed E-state index contributed by atoms with van der Waals surface area (Å²) >= 11 is 0. The van der Waals surface area contributed by atoms with Crippen molar-refractivity contribution >= 4 is 11.0 Å². The minimum absolute atomic E-state index is 0.445. The number of nitrogens with zero attached hydrogens (tertiary/aromatic N) is 1. The third kappa shape index (κ3) is 2.37. The van der Waals surface area contributed by atoms with Gasteiger partial charge in [-0.15, -0.1) is 0 Å². The number of hydrogen-bond donors (Lipinski definition) is 1. The summed E-state index contributed by atoms with van der Waals surface area (Å²) in [4.78, 5) is 0.987. The molecule has 114 valence electrons. The topological polar surface area (TPSA) is 32.3 Å². The summed E-state index contributed by atoms with van der Waals surface area (Å²) in [5.41, 5.74) is 3.24. The Morgan fingerprint density at radius 1 is 1.33 bits per heavy atom. The lowest BCUT2D eigenvalue weighted by molar-refractivity contribution is 0.153. The van der Waals surface area contributed by atoms with E-state index in [2.05, 4.69) is 34.7 Å². The predicted octanol–water partition coefficient (Wildman–Crippen LogP) is 2.62. The second kappa shape index (κ2) is 5.18. The lowest BCUT2D eigenvalue weighted by atomic mass is 9.68. The van der Waals surface area contributed by atoms with E-state index < -0.39 is 11.0 Å². The number of benzene rings is 1. The minimum Gasteiger partial charge on any atom is -0.312 e. The molecule has 21 heavy (non-hydrogen) atoms. The van der Waals surface area contributed by atoms with Crippen molar-refractivity contribution in [1.82, 2.24) is 9.62 Å². The Kier molecular flexibility index (Phi) is 3.43. The maximum atomic E-state index is 13.0. The van der Waals surface area contributed by atoms with E-state index in [9.17, 15) is 4.21 Å². The molecule has 4 rings (SSSR count). The molecule has 1 aliphatic carbocycles. The Balaban J connectivity index is 1.57. The van der Waals surface area contributed by atoms with Crippen LogP contribution in [0.4, 0.5) is 0 Å². The maximum absolute atomic E-state index is 13.0. The second-order valence-electron chi connectivity index (χ2n) is 7.09. The molecule has 0 amide bonds. The maximum Gasteiger partial charge on any atom is 0.127 e. The van der Waals surface area contributed by atoms with Crippen LogP contribution in [0.15, 0.2) is 23.1 Å². The smallest absolute Gasteiger partial charge is 0.127 e. The van der Waals surface area contributed by atoms with E-state index in [1.807, 2.05) is 0 Å². The Hall–Kier alpha value is -0.710. The van der Waals surface area contributed by atoms with Gasteiger partial charge in [-0.25, -0.2) is 8.51 Å². The van der Waals surface area contributed by atoms with Crippen LogP contribution in [0.2, 0.25) is 0 Å². The molecule has 3 nitrogen and oxygen atoms in total. The van der Waals surface area contributed by atoms with Crippen molar-refractivity contribution in [2.75, 3.05) is 13.1 Å². The molecule has 1 aromatic carbocycles. The normalized spacial score (nSPS) is 29.1. The highest BCUT2D eigenvalue weighted by Gasteiger charge is 2.47.